The second kappa shape index (κ2) is 6.26. The molecule has 1 aromatic heterocycles. The molecule has 112 valence electrons. The highest BCUT2D eigenvalue weighted by atomic mass is 16.5. The van der Waals surface area contributed by atoms with Crippen LogP contribution < -0.4 is 4.74 Å². The lowest BCUT2D eigenvalue weighted by atomic mass is 9.97. The molecule has 1 aliphatic rings. The van der Waals surface area contributed by atoms with E-state index in [1.807, 2.05) is 19.1 Å². The molecule has 0 aliphatic carbocycles. The minimum Gasteiger partial charge on any atom is -0.496 e. The van der Waals surface area contributed by atoms with E-state index >= 15 is 0 Å². The van der Waals surface area contributed by atoms with Crippen LogP contribution >= 0.6 is 0 Å². The van der Waals surface area contributed by atoms with Gasteiger partial charge in [0.15, 0.2) is 0 Å². The fourth-order valence-electron chi connectivity index (χ4n) is 2.92. The molecule has 2 heterocycles. The van der Waals surface area contributed by atoms with Gasteiger partial charge in [-0.15, -0.1) is 10.2 Å². The molecule has 0 spiro atoms. The van der Waals surface area contributed by atoms with Crippen molar-refractivity contribution in [1.29, 1.82) is 0 Å². The van der Waals surface area contributed by atoms with E-state index in [2.05, 4.69) is 27.2 Å². The Hall–Kier alpha value is -1.88. The predicted molar refractivity (Wildman–Crippen MR) is 79.3 cm³/mol. The zero-order valence-electron chi connectivity index (χ0n) is 12.6. The van der Waals surface area contributed by atoms with E-state index in [0.717, 1.165) is 38.2 Å². The lowest BCUT2D eigenvalue weighted by Crippen LogP contribution is -2.20. The third kappa shape index (κ3) is 3.08. The molecule has 3 rings (SSSR count). The first kappa shape index (κ1) is 14.1. The third-order valence-corrected chi connectivity index (χ3v) is 4.02. The van der Waals surface area contributed by atoms with Crippen molar-refractivity contribution < 1.29 is 9.15 Å². The Bertz CT molecular complexity index is 597. The summed E-state index contributed by atoms with van der Waals surface area (Å²) in [6.07, 6.45) is 1.92. The lowest BCUT2D eigenvalue weighted by molar-refractivity contribution is 0.283. The fraction of sp³-hybridized carbons (Fsp3) is 0.500. The molecule has 0 radical (unpaired) electrons. The molecule has 1 unspecified atom stereocenters. The monoisotopic (exact) mass is 287 g/mol. The van der Waals surface area contributed by atoms with Crippen LogP contribution in [0.25, 0.3) is 0 Å². The number of hydrogen-bond donors (Lipinski definition) is 0. The largest absolute Gasteiger partial charge is 0.496 e. The van der Waals surface area contributed by atoms with Crippen LogP contribution in [-0.4, -0.2) is 35.3 Å². The van der Waals surface area contributed by atoms with Gasteiger partial charge in [0.25, 0.3) is 0 Å². The molecule has 5 heteroatoms. The van der Waals surface area contributed by atoms with Gasteiger partial charge in [-0.25, -0.2) is 0 Å². The van der Waals surface area contributed by atoms with Crippen LogP contribution in [0.2, 0.25) is 0 Å². The highest BCUT2D eigenvalue weighted by Gasteiger charge is 2.27. The minimum absolute atomic E-state index is 0.509. The molecule has 0 N–H and O–H groups in total. The van der Waals surface area contributed by atoms with Crippen LogP contribution in [0.5, 0.6) is 5.75 Å². The molecule has 1 aromatic carbocycles. The van der Waals surface area contributed by atoms with Gasteiger partial charge in [0.2, 0.25) is 11.8 Å². The highest BCUT2D eigenvalue weighted by Crippen LogP contribution is 2.33. The van der Waals surface area contributed by atoms with E-state index < -0.39 is 0 Å². The SMILES string of the molecule is CCc1nnc(CN2CCC(c3ccccc3OC)C2)o1. The van der Waals surface area contributed by atoms with Crippen LogP contribution in [0.4, 0.5) is 0 Å². The van der Waals surface area contributed by atoms with Crippen molar-refractivity contribution in [2.24, 2.45) is 0 Å². The minimum atomic E-state index is 0.509. The third-order valence-electron chi connectivity index (χ3n) is 4.02. The van der Waals surface area contributed by atoms with Gasteiger partial charge >= 0.3 is 0 Å². The van der Waals surface area contributed by atoms with Gasteiger partial charge in [0.1, 0.15) is 5.75 Å². The Labute approximate surface area is 124 Å². The molecule has 1 aliphatic heterocycles. The van der Waals surface area contributed by atoms with Gasteiger partial charge in [-0.2, -0.15) is 0 Å². The first-order valence-corrected chi connectivity index (χ1v) is 7.46. The molecular formula is C16H21N3O2. The average molecular weight is 287 g/mol. The Morgan fingerprint density at radius 3 is 2.86 bits per heavy atom. The number of rotatable bonds is 5. The van der Waals surface area contributed by atoms with Gasteiger partial charge in [0.05, 0.1) is 13.7 Å². The molecule has 2 aromatic rings. The molecular weight excluding hydrogens is 266 g/mol. The van der Waals surface area contributed by atoms with E-state index in [1.54, 1.807) is 7.11 Å². The Morgan fingerprint density at radius 2 is 2.10 bits per heavy atom. The molecule has 0 amide bonds. The zero-order valence-corrected chi connectivity index (χ0v) is 12.6. The summed E-state index contributed by atoms with van der Waals surface area (Å²) in [6.45, 7) is 4.81. The van der Waals surface area contributed by atoms with Crippen LogP contribution in [0.15, 0.2) is 28.7 Å². The first-order chi connectivity index (χ1) is 10.3. The zero-order chi connectivity index (χ0) is 14.7. The van der Waals surface area contributed by atoms with Crippen molar-refractivity contribution in [3.05, 3.63) is 41.6 Å². The lowest BCUT2D eigenvalue weighted by Gasteiger charge is -2.16. The van der Waals surface area contributed by atoms with Gasteiger partial charge in [0, 0.05) is 18.9 Å². The van der Waals surface area contributed by atoms with Crippen molar-refractivity contribution >= 4 is 0 Å². The van der Waals surface area contributed by atoms with E-state index in [1.165, 1.54) is 5.56 Å². The number of benzene rings is 1. The molecule has 0 saturated carbocycles. The van der Waals surface area contributed by atoms with Crippen molar-refractivity contribution in [2.75, 3.05) is 20.2 Å². The summed E-state index contributed by atoms with van der Waals surface area (Å²) in [4.78, 5) is 2.37. The fourth-order valence-corrected chi connectivity index (χ4v) is 2.92. The Balaban J connectivity index is 1.65. The number of nitrogens with zero attached hydrogens (tertiary/aromatic N) is 3. The number of methoxy groups -OCH3 is 1. The maximum atomic E-state index is 5.59. The number of para-hydroxylation sites is 1. The highest BCUT2D eigenvalue weighted by molar-refractivity contribution is 5.37. The molecule has 0 bridgehead atoms. The van der Waals surface area contributed by atoms with E-state index in [9.17, 15) is 0 Å². The number of aryl methyl sites for hydroxylation is 1. The van der Waals surface area contributed by atoms with Gasteiger partial charge in [-0.05, 0) is 24.6 Å². The maximum absolute atomic E-state index is 5.59. The number of hydrogen-bond acceptors (Lipinski definition) is 5. The molecule has 5 nitrogen and oxygen atoms in total. The summed E-state index contributed by atoms with van der Waals surface area (Å²) in [6, 6.07) is 8.28. The van der Waals surface area contributed by atoms with Crippen LogP contribution in [0.1, 0.15) is 36.6 Å². The number of ether oxygens (including phenoxy) is 1. The van der Waals surface area contributed by atoms with E-state index in [4.69, 9.17) is 9.15 Å². The van der Waals surface area contributed by atoms with E-state index in [0.29, 0.717) is 17.7 Å². The average Bonchev–Trinajstić information content (AvgIpc) is 3.17. The van der Waals surface area contributed by atoms with E-state index in [-0.39, 0.29) is 0 Å². The van der Waals surface area contributed by atoms with Gasteiger partial charge < -0.3 is 9.15 Å². The number of likely N-dealkylation sites (tertiary alicyclic amines) is 1. The second-order valence-electron chi connectivity index (χ2n) is 5.41. The van der Waals surface area contributed by atoms with Crippen LogP contribution in [0, 0.1) is 0 Å². The Kier molecular flexibility index (Phi) is 4.20. The van der Waals surface area contributed by atoms with Gasteiger partial charge in [-0.1, -0.05) is 25.1 Å². The molecule has 1 atom stereocenters. The summed E-state index contributed by atoms with van der Waals surface area (Å²) >= 11 is 0. The summed E-state index contributed by atoms with van der Waals surface area (Å²) in [5, 5.41) is 8.12. The quantitative estimate of drug-likeness (QED) is 0.846. The number of aromatic nitrogens is 2. The second-order valence-corrected chi connectivity index (χ2v) is 5.41. The van der Waals surface area contributed by atoms with Crippen molar-refractivity contribution in [1.82, 2.24) is 15.1 Å². The van der Waals surface area contributed by atoms with Crippen LogP contribution in [-0.2, 0) is 13.0 Å². The first-order valence-electron chi connectivity index (χ1n) is 7.46. The molecule has 1 fully saturated rings. The smallest absolute Gasteiger partial charge is 0.230 e. The Morgan fingerprint density at radius 1 is 1.29 bits per heavy atom. The standard InChI is InChI=1S/C16H21N3O2/c1-3-15-17-18-16(21-15)11-19-9-8-12(10-19)13-6-4-5-7-14(13)20-2/h4-7,12H,3,8-11H2,1-2H3. The summed E-state index contributed by atoms with van der Waals surface area (Å²) in [7, 11) is 1.73. The molecule has 21 heavy (non-hydrogen) atoms. The summed E-state index contributed by atoms with van der Waals surface area (Å²) in [5.74, 6) is 2.92. The summed E-state index contributed by atoms with van der Waals surface area (Å²) < 4.78 is 11.1. The van der Waals surface area contributed by atoms with Crippen molar-refractivity contribution in [3.8, 4) is 5.75 Å². The van der Waals surface area contributed by atoms with Crippen LogP contribution in [0.3, 0.4) is 0 Å². The normalized spacial score (nSPS) is 19.0. The van der Waals surface area contributed by atoms with Crippen molar-refractivity contribution in [2.45, 2.75) is 32.2 Å². The topological polar surface area (TPSA) is 51.4 Å². The van der Waals surface area contributed by atoms with Crippen molar-refractivity contribution in [3.63, 3.8) is 0 Å². The predicted octanol–water partition coefficient (Wildman–Crippen LogP) is 2.63. The summed E-state index contributed by atoms with van der Waals surface area (Å²) in [5.41, 5.74) is 1.29. The maximum Gasteiger partial charge on any atom is 0.230 e. The van der Waals surface area contributed by atoms with Gasteiger partial charge in [-0.3, -0.25) is 4.90 Å². The molecule has 1 saturated heterocycles.